The van der Waals surface area contributed by atoms with Gasteiger partial charge in [0.1, 0.15) is 0 Å². The van der Waals surface area contributed by atoms with Crippen LogP contribution in [0.25, 0.3) is 0 Å². The Morgan fingerprint density at radius 3 is 2.10 bits per heavy atom. The van der Waals surface area contributed by atoms with Gasteiger partial charge >= 0.3 is 0 Å². The average Bonchev–Trinajstić information content (AvgIpc) is 3.19. The quantitative estimate of drug-likeness (QED) is 0.620. The standard InChI is InChI=1S/C22H25N3O2S2/c1-17-3-7-19(8-4-17)15-20-16-28-22(23-20)24-11-13-25(14-12-24)29(26,27)21-9-5-18(2)6-10-21/h3-10,16H,11-15H2,1-2H3. The molecule has 1 aliphatic rings. The minimum atomic E-state index is -3.43. The van der Waals surface area contributed by atoms with Crippen LogP contribution < -0.4 is 4.90 Å². The highest BCUT2D eigenvalue weighted by atomic mass is 32.2. The Morgan fingerprint density at radius 1 is 0.897 bits per heavy atom. The number of aryl methyl sites for hydroxylation is 2. The van der Waals surface area contributed by atoms with Gasteiger partial charge in [-0.1, -0.05) is 47.5 Å². The van der Waals surface area contributed by atoms with Gasteiger partial charge in [0.05, 0.1) is 10.6 Å². The van der Waals surface area contributed by atoms with Crippen molar-refractivity contribution in [2.75, 3.05) is 31.1 Å². The number of anilines is 1. The van der Waals surface area contributed by atoms with Crippen molar-refractivity contribution >= 4 is 26.5 Å². The molecule has 2 heterocycles. The summed E-state index contributed by atoms with van der Waals surface area (Å²) in [6.45, 7) is 6.30. The second-order valence-electron chi connectivity index (χ2n) is 7.49. The van der Waals surface area contributed by atoms with Crippen LogP contribution >= 0.6 is 11.3 Å². The van der Waals surface area contributed by atoms with Crippen molar-refractivity contribution in [3.05, 3.63) is 76.3 Å². The van der Waals surface area contributed by atoms with Crippen molar-refractivity contribution in [3.8, 4) is 0 Å². The van der Waals surface area contributed by atoms with Crippen LogP contribution in [0, 0.1) is 13.8 Å². The maximum atomic E-state index is 12.9. The Hall–Kier alpha value is -2.22. The molecule has 0 spiro atoms. The van der Waals surface area contributed by atoms with Crippen LogP contribution in [0.2, 0.25) is 0 Å². The second-order valence-corrected chi connectivity index (χ2v) is 10.3. The lowest BCUT2D eigenvalue weighted by Crippen LogP contribution is -2.48. The van der Waals surface area contributed by atoms with Crippen LogP contribution in [0.4, 0.5) is 5.13 Å². The van der Waals surface area contributed by atoms with Gasteiger partial charge in [-0.05, 0) is 31.5 Å². The highest BCUT2D eigenvalue weighted by Gasteiger charge is 2.29. The van der Waals surface area contributed by atoms with E-state index in [2.05, 4.69) is 41.5 Å². The fourth-order valence-corrected chi connectivity index (χ4v) is 5.72. The first-order valence-corrected chi connectivity index (χ1v) is 12.1. The first-order chi connectivity index (χ1) is 13.9. The molecular weight excluding hydrogens is 402 g/mol. The van der Waals surface area contributed by atoms with Crippen LogP contribution in [0.15, 0.2) is 58.8 Å². The monoisotopic (exact) mass is 427 g/mol. The lowest BCUT2D eigenvalue weighted by atomic mass is 10.1. The second kappa shape index (κ2) is 8.26. The van der Waals surface area contributed by atoms with Gasteiger partial charge in [0.25, 0.3) is 0 Å². The average molecular weight is 428 g/mol. The summed E-state index contributed by atoms with van der Waals surface area (Å²) in [7, 11) is -3.43. The van der Waals surface area contributed by atoms with Crippen LogP contribution in [-0.2, 0) is 16.4 Å². The van der Waals surface area contributed by atoms with Crippen LogP contribution in [0.5, 0.6) is 0 Å². The molecule has 0 saturated carbocycles. The number of piperazine rings is 1. The largest absolute Gasteiger partial charge is 0.345 e. The van der Waals surface area contributed by atoms with E-state index in [0.29, 0.717) is 31.1 Å². The van der Waals surface area contributed by atoms with E-state index in [0.717, 1.165) is 22.8 Å². The molecule has 0 unspecified atom stereocenters. The molecular formula is C22H25N3O2S2. The predicted octanol–water partition coefficient (Wildman–Crippen LogP) is 3.86. The van der Waals surface area contributed by atoms with Gasteiger partial charge in [0.2, 0.25) is 10.0 Å². The summed E-state index contributed by atoms with van der Waals surface area (Å²) < 4.78 is 27.3. The number of aromatic nitrogens is 1. The van der Waals surface area contributed by atoms with Crippen molar-refractivity contribution in [1.29, 1.82) is 0 Å². The predicted molar refractivity (Wildman–Crippen MR) is 118 cm³/mol. The van der Waals surface area contributed by atoms with Crippen LogP contribution in [0.1, 0.15) is 22.4 Å². The summed E-state index contributed by atoms with van der Waals surface area (Å²) in [4.78, 5) is 7.34. The maximum absolute atomic E-state index is 12.9. The molecule has 1 aliphatic heterocycles. The topological polar surface area (TPSA) is 53.5 Å². The number of benzene rings is 2. The third-order valence-corrected chi connectivity index (χ3v) is 8.08. The van der Waals surface area contributed by atoms with Crippen molar-refractivity contribution in [1.82, 2.24) is 9.29 Å². The van der Waals surface area contributed by atoms with Gasteiger partial charge in [-0.2, -0.15) is 4.31 Å². The summed E-state index contributed by atoms with van der Waals surface area (Å²) >= 11 is 1.63. The zero-order valence-electron chi connectivity index (χ0n) is 16.7. The summed E-state index contributed by atoms with van der Waals surface area (Å²) in [6, 6.07) is 15.6. The lowest BCUT2D eigenvalue weighted by molar-refractivity contribution is 0.384. The summed E-state index contributed by atoms with van der Waals surface area (Å²) in [5.41, 5.74) is 4.62. The van der Waals surface area contributed by atoms with Crippen LogP contribution in [-0.4, -0.2) is 43.9 Å². The van der Waals surface area contributed by atoms with E-state index in [1.54, 1.807) is 27.8 Å². The summed E-state index contributed by atoms with van der Waals surface area (Å²) in [6.07, 6.45) is 0.818. The third-order valence-electron chi connectivity index (χ3n) is 5.21. The van der Waals surface area contributed by atoms with Gasteiger partial charge in [-0.15, -0.1) is 11.3 Å². The SMILES string of the molecule is Cc1ccc(Cc2csc(N3CCN(S(=O)(=O)c4ccc(C)cc4)CC3)n2)cc1. The smallest absolute Gasteiger partial charge is 0.243 e. The fourth-order valence-electron chi connectivity index (χ4n) is 3.42. The molecule has 2 aromatic carbocycles. The van der Waals surface area contributed by atoms with E-state index in [4.69, 9.17) is 4.98 Å². The van der Waals surface area contributed by atoms with E-state index in [9.17, 15) is 8.42 Å². The third kappa shape index (κ3) is 4.52. The van der Waals surface area contributed by atoms with E-state index >= 15 is 0 Å². The van der Waals surface area contributed by atoms with Crippen LogP contribution in [0.3, 0.4) is 0 Å². The summed E-state index contributed by atoms with van der Waals surface area (Å²) in [5, 5.41) is 3.07. The number of nitrogens with zero attached hydrogens (tertiary/aromatic N) is 3. The van der Waals surface area contributed by atoms with Gasteiger partial charge < -0.3 is 4.90 Å². The Kier molecular flexibility index (Phi) is 5.72. The number of thiazole rings is 1. The molecule has 0 amide bonds. The molecule has 4 rings (SSSR count). The van der Waals surface area contributed by atoms with Gasteiger partial charge in [-0.3, -0.25) is 0 Å². The lowest BCUT2D eigenvalue weighted by Gasteiger charge is -2.33. The Morgan fingerprint density at radius 2 is 1.48 bits per heavy atom. The zero-order chi connectivity index (χ0) is 20.4. The van der Waals surface area contributed by atoms with E-state index in [-0.39, 0.29) is 0 Å². The zero-order valence-corrected chi connectivity index (χ0v) is 18.3. The highest BCUT2D eigenvalue weighted by Crippen LogP contribution is 2.25. The number of hydrogen-bond donors (Lipinski definition) is 0. The van der Waals surface area contributed by atoms with Gasteiger partial charge in [0, 0.05) is 38.0 Å². The first-order valence-electron chi connectivity index (χ1n) is 9.73. The summed E-state index contributed by atoms with van der Waals surface area (Å²) in [5.74, 6) is 0. The van der Waals surface area contributed by atoms with E-state index in [1.807, 2.05) is 19.1 Å². The van der Waals surface area contributed by atoms with Gasteiger partial charge in [-0.25, -0.2) is 13.4 Å². The normalized spacial score (nSPS) is 15.6. The van der Waals surface area contributed by atoms with Crippen molar-refractivity contribution in [2.24, 2.45) is 0 Å². The maximum Gasteiger partial charge on any atom is 0.243 e. The molecule has 152 valence electrons. The minimum Gasteiger partial charge on any atom is -0.345 e. The van der Waals surface area contributed by atoms with Gasteiger partial charge in [0.15, 0.2) is 5.13 Å². The molecule has 0 N–H and O–H groups in total. The minimum absolute atomic E-state index is 0.367. The molecule has 5 nitrogen and oxygen atoms in total. The first kappa shape index (κ1) is 20.1. The number of sulfonamides is 1. The molecule has 29 heavy (non-hydrogen) atoms. The Labute approximate surface area is 176 Å². The van der Waals surface area contributed by atoms with E-state index < -0.39 is 10.0 Å². The van der Waals surface area contributed by atoms with Crippen molar-refractivity contribution in [3.63, 3.8) is 0 Å². The molecule has 1 saturated heterocycles. The Bertz CT molecular complexity index is 1070. The highest BCUT2D eigenvalue weighted by molar-refractivity contribution is 7.89. The van der Waals surface area contributed by atoms with E-state index in [1.165, 1.54) is 11.1 Å². The number of hydrogen-bond acceptors (Lipinski definition) is 5. The molecule has 1 aromatic heterocycles. The molecule has 3 aromatic rings. The molecule has 0 aliphatic carbocycles. The van der Waals surface area contributed by atoms with Crippen molar-refractivity contribution < 1.29 is 8.42 Å². The molecule has 0 radical (unpaired) electrons. The molecule has 0 bridgehead atoms. The number of rotatable bonds is 5. The Balaban J connectivity index is 1.39. The van der Waals surface area contributed by atoms with Crippen molar-refractivity contribution in [2.45, 2.75) is 25.2 Å². The molecule has 0 atom stereocenters. The molecule has 7 heteroatoms. The fraction of sp³-hybridized carbons (Fsp3) is 0.318. The molecule has 1 fully saturated rings.